The molecule has 1 amide bonds. The lowest BCUT2D eigenvalue weighted by atomic mass is 10.2. The normalized spacial score (nSPS) is 19.1. The molecule has 0 unspecified atom stereocenters. The maximum Gasteiger partial charge on any atom is 0.258 e. The van der Waals surface area contributed by atoms with Gasteiger partial charge in [-0.3, -0.25) is 4.79 Å². The lowest BCUT2D eigenvalue weighted by molar-refractivity contribution is 0.102. The summed E-state index contributed by atoms with van der Waals surface area (Å²) in [6.07, 6.45) is 5.00. The molecule has 10 heteroatoms. The Kier molecular flexibility index (Phi) is 5.10. The van der Waals surface area contributed by atoms with Crippen molar-refractivity contribution in [3.63, 3.8) is 0 Å². The van der Waals surface area contributed by atoms with Crippen molar-refractivity contribution in [1.82, 2.24) is 24.7 Å². The Labute approximate surface area is 166 Å². The third kappa shape index (κ3) is 3.88. The van der Waals surface area contributed by atoms with Crippen LogP contribution in [0.3, 0.4) is 0 Å². The Balaban J connectivity index is 1.46. The van der Waals surface area contributed by atoms with Crippen molar-refractivity contribution in [2.75, 3.05) is 29.9 Å². The fraction of sp³-hybridized carbons (Fsp3) is 0.368. The van der Waals surface area contributed by atoms with E-state index in [-0.39, 0.29) is 29.5 Å². The summed E-state index contributed by atoms with van der Waals surface area (Å²) in [5, 5.41) is 5.73. The largest absolute Gasteiger partial charge is 0.336 e. The number of alkyl halides is 1. The monoisotopic (exact) mass is 401 g/mol. The molecule has 1 aliphatic rings. The summed E-state index contributed by atoms with van der Waals surface area (Å²) >= 11 is 0. The zero-order chi connectivity index (χ0) is 20.5. The molecule has 1 saturated heterocycles. The number of carbonyl (C=O) groups is 1. The molecular formula is C19H21F2N7O. The van der Waals surface area contributed by atoms with E-state index in [0.717, 1.165) is 0 Å². The topological polar surface area (TPSA) is 87.5 Å². The van der Waals surface area contributed by atoms with E-state index < -0.39 is 17.9 Å². The van der Waals surface area contributed by atoms with E-state index in [1.807, 2.05) is 6.92 Å². The highest BCUT2D eigenvalue weighted by atomic mass is 19.1. The fourth-order valence-corrected chi connectivity index (χ4v) is 3.43. The first-order valence-electron chi connectivity index (χ1n) is 9.35. The summed E-state index contributed by atoms with van der Waals surface area (Å²) < 4.78 is 29.7. The van der Waals surface area contributed by atoms with Crippen molar-refractivity contribution in [1.29, 1.82) is 0 Å². The van der Waals surface area contributed by atoms with E-state index >= 15 is 0 Å². The molecule has 0 spiro atoms. The van der Waals surface area contributed by atoms with Gasteiger partial charge in [0.05, 0.1) is 29.5 Å². The number of rotatable bonds is 5. The number of hydrogen-bond acceptors (Lipinski definition) is 6. The zero-order valence-corrected chi connectivity index (χ0v) is 16.1. The second-order valence-electron chi connectivity index (χ2n) is 7.00. The molecule has 152 valence electrons. The van der Waals surface area contributed by atoms with Gasteiger partial charge in [0.1, 0.15) is 6.17 Å². The predicted octanol–water partition coefficient (Wildman–Crippen LogP) is 1.96. The first-order valence-corrected chi connectivity index (χ1v) is 9.35. The Bertz CT molecular complexity index is 1040. The molecule has 0 aliphatic carbocycles. The van der Waals surface area contributed by atoms with Crippen LogP contribution in [0.25, 0.3) is 5.65 Å². The summed E-state index contributed by atoms with van der Waals surface area (Å²) in [5.74, 6) is -0.638. The van der Waals surface area contributed by atoms with Gasteiger partial charge in [-0.25, -0.2) is 23.7 Å². The van der Waals surface area contributed by atoms with Gasteiger partial charge in [-0.15, -0.1) is 0 Å². The third-order valence-corrected chi connectivity index (χ3v) is 4.78. The molecule has 8 nitrogen and oxygen atoms in total. The lowest BCUT2D eigenvalue weighted by Crippen LogP contribution is -2.37. The molecule has 1 fully saturated rings. The van der Waals surface area contributed by atoms with E-state index in [1.165, 1.54) is 22.9 Å². The number of aromatic nitrogens is 4. The summed E-state index contributed by atoms with van der Waals surface area (Å²) in [4.78, 5) is 26.7. The minimum absolute atomic E-state index is 0.195. The summed E-state index contributed by atoms with van der Waals surface area (Å²) in [6, 6.07) is 0.949. The molecule has 0 saturated carbocycles. The number of carbonyl (C=O) groups excluding carboxylic acids is 1. The van der Waals surface area contributed by atoms with Crippen molar-refractivity contribution in [3.05, 3.63) is 47.9 Å². The van der Waals surface area contributed by atoms with Crippen LogP contribution < -0.4 is 15.5 Å². The van der Waals surface area contributed by atoms with Crippen LogP contribution in [-0.2, 0) is 0 Å². The van der Waals surface area contributed by atoms with Crippen LogP contribution in [0, 0.1) is 12.7 Å². The van der Waals surface area contributed by atoms with Crippen molar-refractivity contribution in [3.8, 4) is 0 Å². The van der Waals surface area contributed by atoms with Crippen LogP contribution in [0.4, 0.5) is 20.4 Å². The maximum atomic E-state index is 14.2. The first-order chi connectivity index (χ1) is 13.9. The number of nitrogens with one attached hydrogen (secondary N) is 2. The Hall–Kier alpha value is -3.14. The SMILES string of the molecule is CCN[C@H]1CN(c2ncc(C(=O)Nc3cc(F)c4nc(C)cn4c3)cn2)C[C@H]1F. The Morgan fingerprint density at radius 2 is 2.03 bits per heavy atom. The molecule has 1 aliphatic heterocycles. The highest BCUT2D eigenvalue weighted by molar-refractivity contribution is 6.03. The number of aryl methyl sites for hydroxylation is 1. The lowest BCUT2D eigenvalue weighted by Gasteiger charge is -2.16. The minimum Gasteiger partial charge on any atom is -0.336 e. The van der Waals surface area contributed by atoms with Gasteiger partial charge < -0.3 is 19.9 Å². The van der Waals surface area contributed by atoms with E-state index in [0.29, 0.717) is 24.7 Å². The number of anilines is 2. The second-order valence-corrected chi connectivity index (χ2v) is 7.00. The molecule has 0 bridgehead atoms. The van der Waals surface area contributed by atoms with Gasteiger partial charge in [0.2, 0.25) is 5.95 Å². The third-order valence-electron chi connectivity index (χ3n) is 4.78. The molecule has 29 heavy (non-hydrogen) atoms. The molecule has 4 heterocycles. The van der Waals surface area contributed by atoms with Crippen LogP contribution in [0.15, 0.2) is 30.9 Å². The van der Waals surface area contributed by atoms with Gasteiger partial charge in [0, 0.05) is 37.4 Å². The summed E-state index contributed by atoms with van der Waals surface area (Å²) in [7, 11) is 0. The number of hydrogen-bond donors (Lipinski definition) is 2. The van der Waals surface area contributed by atoms with E-state index in [2.05, 4.69) is 25.6 Å². The van der Waals surface area contributed by atoms with Gasteiger partial charge in [0.15, 0.2) is 11.5 Å². The van der Waals surface area contributed by atoms with Gasteiger partial charge >= 0.3 is 0 Å². The number of imidazole rings is 1. The van der Waals surface area contributed by atoms with Gasteiger partial charge in [-0.05, 0) is 13.5 Å². The van der Waals surface area contributed by atoms with Crippen molar-refractivity contribution >= 4 is 23.2 Å². The highest BCUT2D eigenvalue weighted by Gasteiger charge is 2.33. The van der Waals surface area contributed by atoms with Crippen LogP contribution in [0.2, 0.25) is 0 Å². The van der Waals surface area contributed by atoms with E-state index in [4.69, 9.17) is 0 Å². The average Bonchev–Trinajstić information content (AvgIpc) is 3.25. The molecular weight excluding hydrogens is 380 g/mol. The van der Waals surface area contributed by atoms with Gasteiger partial charge in [-0.2, -0.15) is 0 Å². The predicted molar refractivity (Wildman–Crippen MR) is 104 cm³/mol. The van der Waals surface area contributed by atoms with Crippen LogP contribution in [0.1, 0.15) is 23.0 Å². The first kappa shape index (κ1) is 19.2. The number of halogens is 2. The van der Waals surface area contributed by atoms with Gasteiger partial charge in [-0.1, -0.05) is 6.92 Å². The van der Waals surface area contributed by atoms with Crippen molar-refractivity contribution in [2.24, 2.45) is 0 Å². The Morgan fingerprint density at radius 1 is 1.28 bits per heavy atom. The molecule has 3 aromatic rings. The minimum atomic E-state index is -1.00. The van der Waals surface area contributed by atoms with Crippen LogP contribution >= 0.6 is 0 Å². The zero-order valence-electron chi connectivity index (χ0n) is 16.1. The summed E-state index contributed by atoms with van der Waals surface area (Å²) in [5.41, 5.74) is 1.37. The number of pyridine rings is 1. The smallest absolute Gasteiger partial charge is 0.258 e. The highest BCUT2D eigenvalue weighted by Crippen LogP contribution is 2.20. The molecule has 2 N–H and O–H groups in total. The van der Waals surface area contributed by atoms with Crippen molar-refractivity contribution < 1.29 is 13.6 Å². The van der Waals surface area contributed by atoms with Gasteiger partial charge in [0.25, 0.3) is 5.91 Å². The molecule has 0 aromatic carbocycles. The average molecular weight is 401 g/mol. The fourth-order valence-electron chi connectivity index (χ4n) is 3.43. The van der Waals surface area contributed by atoms with E-state index in [9.17, 15) is 13.6 Å². The molecule has 4 rings (SSSR count). The second kappa shape index (κ2) is 7.70. The summed E-state index contributed by atoms with van der Waals surface area (Å²) in [6.45, 7) is 5.04. The standard InChI is InChI=1S/C19H21F2N7O/c1-3-22-16-10-28(9-15(16)21)19-23-5-12(6-24-19)18(29)26-13-4-14(20)17-25-11(2)7-27(17)8-13/h4-8,15-16,22H,3,9-10H2,1-2H3,(H,26,29)/t15-,16+/m1/s1. The quantitative estimate of drug-likeness (QED) is 0.680. The van der Waals surface area contributed by atoms with E-state index in [1.54, 1.807) is 24.2 Å². The molecule has 0 radical (unpaired) electrons. The maximum absolute atomic E-state index is 14.2. The number of likely N-dealkylation sites (N-methyl/N-ethyl adjacent to an activating group) is 1. The van der Waals surface area contributed by atoms with Crippen LogP contribution in [-0.4, -0.2) is 57.1 Å². The molecule has 3 aromatic heterocycles. The Morgan fingerprint density at radius 3 is 2.76 bits per heavy atom. The van der Waals surface area contributed by atoms with Crippen LogP contribution in [0.5, 0.6) is 0 Å². The number of fused-ring (bicyclic) bond motifs is 1. The van der Waals surface area contributed by atoms with Crippen molar-refractivity contribution in [2.45, 2.75) is 26.1 Å². The number of nitrogens with zero attached hydrogens (tertiary/aromatic N) is 5. The molecule has 2 atom stereocenters. The number of amides is 1.